The highest BCUT2D eigenvalue weighted by Crippen LogP contribution is 2.42. The molecule has 1 saturated carbocycles. The standard InChI is InChI=1S/C46H55ClFN9O11/c1-25(2)38(54-34(58)8-4-3-5-19-56-35(59)15-16-36(56)60)43(63)53-33(7-6-18-50-45(49)66)42(62)51-27-11-9-26(10-12-27)24-68-46(67)52-28-17-20-55(22-28)40-32(48)21-30-39(37(40)47)57(29-13-14-29)23-31(41(30)61)44(64)65/h9-12,15-16,21,23,25,28-29,33,38H,3-8,13-14,17-20,22,24H2,1-2H3,(H,51,62)(H,52,67)(H,53,63)(H,54,58)(H,64,65)(H3,49,50,66). The molecule has 1 aromatic heterocycles. The fraction of sp³-hybridized carbons (Fsp3) is 0.457. The Morgan fingerprint density at radius 2 is 1.65 bits per heavy atom. The van der Waals surface area contributed by atoms with Crippen LogP contribution in [0.25, 0.3) is 10.9 Å². The summed E-state index contributed by atoms with van der Waals surface area (Å²) in [6, 6.07) is 4.12. The molecular formula is C46H55ClFN9O11. The number of aromatic nitrogens is 1. The minimum Gasteiger partial charge on any atom is -0.477 e. The number of imide groups is 1. The second-order valence-electron chi connectivity index (χ2n) is 17.3. The van der Waals surface area contributed by atoms with Gasteiger partial charge in [0.25, 0.3) is 11.8 Å². The van der Waals surface area contributed by atoms with E-state index in [1.165, 1.54) is 18.3 Å². The first-order valence-corrected chi connectivity index (χ1v) is 22.8. The maximum Gasteiger partial charge on any atom is 0.407 e. The molecule has 3 heterocycles. The van der Waals surface area contributed by atoms with E-state index in [0.29, 0.717) is 43.5 Å². The fourth-order valence-electron chi connectivity index (χ4n) is 8.08. The van der Waals surface area contributed by atoms with Crippen LogP contribution < -0.4 is 42.6 Å². The van der Waals surface area contributed by atoms with Crippen molar-refractivity contribution in [2.45, 2.75) is 102 Å². The molecule has 2 aromatic carbocycles. The van der Waals surface area contributed by atoms with Crippen LogP contribution in [-0.4, -0.2) is 107 Å². The van der Waals surface area contributed by atoms with Crippen molar-refractivity contribution < 1.29 is 52.6 Å². The van der Waals surface area contributed by atoms with Gasteiger partial charge in [0, 0.05) is 62.7 Å². The van der Waals surface area contributed by atoms with Crippen LogP contribution in [0.1, 0.15) is 93.6 Å². The lowest BCUT2D eigenvalue weighted by molar-refractivity contribution is -0.137. The Labute approximate surface area is 395 Å². The molecule has 0 radical (unpaired) electrons. The number of aromatic carboxylic acids is 1. The lowest BCUT2D eigenvalue weighted by atomic mass is 10.0. The van der Waals surface area contributed by atoms with Crippen LogP contribution in [0.5, 0.6) is 0 Å². The average Bonchev–Trinajstić information content (AvgIpc) is 3.96. The number of carbonyl (C=O) groups excluding carboxylic acids is 7. The second-order valence-corrected chi connectivity index (χ2v) is 17.7. The largest absolute Gasteiger partial charge is 0.477 e. The Hall–Kier alpha value is -7.03. The van der Waals surface area contributed by atoms with E-state index < -0.39 is 64.8 Å². The molecule has 8 amide bonds. The van der Waals surface area contributed by atoms with Gasteiger partial charge in [-0.1, -0.05) is 44.0 Å². The molecule has 3 aliphatic rings. The number of hydrogen-bond donors (Lipinski definition) is 7. The van der Waals surface area contributed by atoms with Crippen molar-refractivity contribution in [1.29, 1.82) is 0 Å². The number of hydrogen-bond acceptors (Lipinski definition) is 11. The number of fused-ring (bicyclic) bond motifs is 1. The fourth-order valence-corrected chi connectivity index (χ4v) is 8.49. The summed E-state index contributed by atoms with van der Waals surface area (Å²) >= 11 is 6.78. The summed E-state index contributed by atoms with van der Waals surface area (Å²) in [7, 11) is 0. The molecule has 68 heavy (non-hydrogen) atoms. The number of carboxylic acids is 1. The van der Waals surface area contributed by atoms with Gasteiger partial charge < -0.3 is 51.6 Å². The molecule has 3 unspecified atom stereocenters. The van der Waals surface area contributed by atoms with Crippen LogP contribution in [0.2, 0.25) is 5.02 Å². The zero-order chi connectivity index (χ0) is 49.2. The summed E-state index contributed by atoms with van der Waals surface area (Å²) in [5.41, 5.74) is 5.14. The quantitative estimate of drug-likeness (QED) is 0.0559. The van der Waals surface area contributed by atoms with Crippen molar-refractivity contribution in [2.24, 2.45) is 11.7 Å². The number of alkyl carbamates (subject to hydrolysis) is 1. The summed E-state index contributed by atoms with van der Waals surface area (Å²) in [5, 5.41) is 22.9. The SMILES string of the molecule is CC(C)C(NC(=O)CCCCCN1C(=O)C=CC1=O)C(=O)NC(CCCNC(N)=O)C(=O)Nc1ccc(COC(=O)NC2CCN(c3c(F)cc4c(=O)c(C(=O)O)cn(C5CC5)c4c3Cl)C2)cc1. The van der Waals surface area contributed by atoms with Gasteiger partial charge >= 0.3 is 18.1 Å². The van der Waals surface area contributed by atoms with Crippen LogP contribution in [0.15, 0.2) is 53.5 Å². The van der Waals surface area contributed by atoms with Crippen molar-refractivity contribution in [3.8, 4) is 0 Å². The van der Waals surface area contributed by atoms with Gasteiger partial charge in [0.05, 0.1) is 27.7 Å². The van der Waals surface area contributed by atoms with Crippen molar-refractivity contribution in [2.75, 3.05) is 36.4 Å². The number of anilines is 2. The van der Waals surface area contributed by atoms with Crippen LogP contribution in [-0.2, 0) is 35.3 Å². The first-order valence-electron chi connectivity index (χ1n) is 22.5. The number of urea groups is 1. The topological polar surface area (TPSA) is 281 Å². The Balaban J connectivity index is 0.987. The Morgan fingerprint density at radius 3 is 2.29 bits per heavy atom. The summed E-state index contributed by atoms with van der Waals surface area (Å²) in [6.45, 7) is 4.24. The number of nitrogens with zero attached hydrogens (tertiary/aromatic N) is 3. The highest BCUT2D eigenvalue weighted by atomic mass is 35.5. The number of carboxylic acid groups (broad SMARTS) is 1. The molecule has 20 nitrogen and oxygen atoms in total. The van der Waals surface area contributed by atoms with E-state index in [4.69, 9.17) is 22.1 Å². The molecule has 3 atom stereocenters. The first kappa shape index (κ1) is 50.4. The lowest BCUT2D eigenvalue weighted by Crippen LogP contribution is -2.54. The van der Waals surface area contributed by atoms with E-state index >= 15 is 4.39 Å². The number of unbranched alkanes of at least 4 members (excludes halogenated alkanes) is 2. The number of primary amides is 1. The summed E-state index contributed by atoms with van der Waals surface area (Å²) in [4.78, 5) is 115. The minimum absolute atomic E-state index is 0.0180. The highest BCUT2D eigenvalue weighted by Gasteiger charge is 2.34. The monoisotopic (exact) mass is 963 g/mol. The summed E-state index contributed by atoms with van der Waals surface area (Å²) < 4.78 is 22.7. The van der Waals surface area contributed by atoms with Crippen molar-refractivity contribution >= 4 is 81.5 Å². The van der Waals surface area contributed by atoms with Crippen LogP contribution in [0.3, 0.4) is 0 Å². The molecule has 2 fully saturated rings. The van der Waals surface area contributed by atoms with Gasteiger partial charge in [-0.25, -0.2) is 18.8 Å². The first-order chi connectivity index (χ1) is 32.4. The Bertz CT molecular complexity index is 2530. The summed E-state index contributed by atoms with van der Waals surface area (Å²) in [6.07, 6.45) is 6.92. The molecular weight excluding hydrogens is 909 g/mol. The molecule has 364 valence electrons. The Morgan fingerprint density at radius 1 is 0.941 bits per heavy atom. The number of carbonyl (C=O) groups is 8. The van der Waals surface area contributed by atoms with Crippen LogP contribution in [0, 0.1) is 11.7 Å². The lowest BCUT2D eigenvalue weighted by Gasteiger charge is -2.25. The van der Waals surface area contributed by atoms with E-state index in [0.717, 1.165) is 23.8 Å². The van der Waals surface area contributed by atoms with Gasteiger partial charge in [0.2, 0.25) is 23.2 Å². The maximum absolute atomic E-state index is 15.6. The molecule has 1 aliphatic carbocycles. The number of nitrogens with two attached hydrogens (primary N) is 1. The number of amides is 8. The summed E-state index contributed by atoms with van der Waals surface area (Å²) in [5.74, 6) is -4.83. The minimum atomic E-state index is -1.41. The molecule has 3 aromatic rings. The number of halogens is 2. The molecule has 22 heteroatoms. The van der Waals surface area contributed by atoms with Gasteiger partial charge in [-0.15, -0.1) is 0 Å². The number of benzene rings is 2. The third-order valence-electron chi connectivity index (χ3n) is 11.8. The van der Waals surface area contributed by atoms with E-state index in [-0.39, 0.29) is 96.8 Å². The Kier molecular flexibility index (Phi) is 16.8. The molecule has 6 rings (SSSR count). The van der Waals surface area contributed by atoms with E-state index in [9.17, 15) is 48.3 Å². The number of nitrogens with one attached hydrogen (secondary N) is 5. The van der Waals surface area contributed by atoms with E-state index in [1.54, 1.807) is 47.6 Å². The third kappa shape index (κ3) is 12.9. The smallest absolute Gasteiger partial charge is 0.407 e. The van der Waals surface area contributed by atoms with E-state index in [2.05, 4.69) is 26.6 Å². The molecule has 8 N–H and O–H groups in total. The number of rotatable bonds is 22. The second kappa shape index (κ2) is 22.6. The molecule has 2 aliphatic heterocycles. The zero-order valence-electron chi connectivity index (χ0n) is 37.6. The van der Waals surface area contributed by atoms with Gasteiger partial charge in [-0.05, 0) is 74.6 Å². The molecule has 0 spiro atoms. The van der Waals surface area contributed by atoms with Gasteiger partial charge in [0.15, 0.2) is 0 Å². The number of pyridine rings is 1. The predicted molar refractivity (Wildman–Crippen MR) is 247 cm³/mol. The maximum atomic E-state index is 15.6. The predicted octanol–water partition coefficient (Wildman–Crippen LogP) is 3.83. The van der Waals surface area contributed by atoms with Gasteiger partial charge in [-0.3, -0.25) is 33.7 Å². The normalized spacial score (nSPS) is 16.5. The van der Waals surface area contributed by atoms with Crippen molar-refractivity contribution in [3.05, 3.63) is 80.9 Å². The van der Waals surface area contributed by atoms with Crippen LogP contribution >= 0.6 is 11.6 Å². The number of ether oxygens (including phenoxy) is 1. The van der Waals surface area contributed by atoms with Crippen molar-refractivity contribution in [1.82, 2.24) is 30.7 Å². The molecule has 0 bridgehead atoms. The highest BCUT2D eigenvalue weighted by molar-refractivity contribution is 6.38. The van der Waals surface area contributed by atoms with Gasteiger partial charge in [-0.2, -0.15) is 0 Å². The molecule has 1 saturated heterocycles. The van der Waals surface area contributed by atoms with Crippen LogP contribution in [0.4, 0.5) is 25.4 Å². The van der Waals surface area contributed by atoms with Gasteiger partial charge in [0.1, 0.15) is 30.1 Å². The third-order valence-corrected chi connectivity index (χ3v) is 12.2. The van der Waals surface area contributed by atoms with Crippen molar-refractivity contribution in [3.63, 3.8) is 0 Å². The zero-order valence-corrected chi connectivity index (χ0v) is 38.4. The average molecular weight is 964 g/mol. The van der Waals surface area contributed by atoms with E-state index in [1.807, 2.05) is 0 Å².